The number of hydrogen-bond donors (Lipinski definition) is 3. The number of rotatable bonds is 5. The van der Waals surface area contributed by atoms with Gasteiger partial charge in [0.05, 0.1) is 40.8 Å². The number of aromatic carboxylic acids is 1. The number of carbonyl (C=O) groups excluding carboxylic acids is 1. The molecular weight excluding hydrogens is 382 g/mol. The monoisotopic (exact) mass is 403 g/mol. The molecule has 152 valence electrons. The van der Waals surface area contributed by atoms with Crippen LogP contribution in [0.5, 0.6) is 0 Å². The van der Waals surface area contributed by atoms with Crippen LogP contribution in [0.15, 0.2) is 53.7 Å². The quantitative estimate of drug-likeness (QED) is 0.602. The van der Waals surface area contributed by atoms with E-state index in [1.54, 1.807) is 12.1 Å². The predicted octanol–water partition coefficient (Wildman–Crippen LogP) is 3.18. The van der Waals surface area contributed by atoms with Crippen LogP contribution in [0.4, 0.5) is 11.4 Å². The number of nitrogens with zero attached hydrogens (tertiary/aromatic N) is 3. The standard InChI is InChI=1S/C22H21N5O3/c1-12-24-11-19(27(12)2)13-6-7-16-18(9-13)25-10-17(21(23)28)20(16)26-15-5-3-4-14(8-15)22(29)30/h3-10,19H,11H2,1-2H3,(H2,23,28)(H,25,26)(H,29,30). The fourth-order valence-electron chi connectivity index (χ4n) is 3.62. The lowest BCUT2D eigenvalue weighted by Crippen LogP contribution is -2.24. The molecular formula is C22H21N5O3. The molecule has 3 aromatic rings. The number of amidine groups is 1. The lowest BCUT2D eigenvalue weighted by Gasteiger charge is -2.22. The van der Waals surface area contributed by atoms with Crippen LogP contribution < -0.4 is 11.1 Å². The number of primary amides is 1. The number of carboxylic acid groups (broad SMARTS) is 1. The highest BCUT2D eigenvalue weighted by Gasteiger charge is 2.24. The molecule has 1 amide bonds. The van der Waals surface area contributed by atoms with Gasteiger partial charge in [0, 0.05) is 24.3 Å². The van der Waals surface area contributed by atoms with Crippen molar-refractivity contribution in [1.29, 1.82) is 0 Å². The van der Waals surface area contributed by atoms with Crippen molar-refractivity contribution in [2.45, 2.75) is 13.0 Å². The molecule has 4 N–H and O–H groups in total. The van der Waals surface area contributed by atoms with Gasteiger partial charge in [0.2, 0.25) is 0 Å². The minimum Gasteiger partial charge on any atom is -0.478 e. The lowest BCUT2D eigenvalue weighted by molar-refractivity contribution is 0.0696. The third-order valence-electron chi connectivity index (χ3n) is 5.39. The van der Waals surface area contributed by atoms with Crippen LogP contribution in [0, 0.1) is 0 Å². The molecule has 0 aliphatic carbocycles. The summed E-state index contributed by atoms with van der Waals surface area (Å²) >= 11 is 0. The van der Waals surface area contributed by atoms with Gasteiger partial charge in [-0.05, 0) is 36.8 Å². The number of hydrogen-bond acceptors (Lipinski definition) is 6. The largest absolute Gasteiger partial charge is 0.478 e. The number of aliphatic imine (C=N–C) groups is 1. The van der Waals surface area contributed by atoms with Crippen molar-refractivity contribution >= 4 is 40.0 Å². The van der Waals surface area contributed by atoms with Gasteiger partial charge in [0.1, 0.15) is 0 Å². The van der Waals surface area contributed by atoms with Crippen LogP contribution in [0.1, 0.15) is 39.2 Å². The van der Waals surface area contributed by atoms with E-state index in [1.807, 2.05) is 32.2 Å². The van der Waals surface area contributed by atoms with Gasteiger partial charge >= 0.3 is 5.97 Å². The number of amides is 1. The molecule has 4 rings (SSSR count). The second-order valence-corrected chi connectivity index (χ2v) is 7.21. The van der Waals surface area contributed by atoms with Crippen molar-refractivity contribution in [3.05, 3.63) is 65.4 Å². The Morgan fingerprint density at radius 1 is 1.23 bits per heavy atom. The second kappa shape index (κ2) is 7.47. The van der Waals surface area contributed by atoms with Crippen LogP contribution in [-0.4, -0.2) is 46.3 Å². The first kappa shape index (κ1) is 19.4. The van der Waals surface area contributed by atoms with E-state index < -0.39 is 11.9 Å². The molecule has 1 aliphatic heterocycles. The Bertz CT molecular complexity index is 1200. The van der Waals surface area contributed by atoms with Gasteiger partial charge in [-0.3, -0.25) is 14.8 Å². The van der Waals surface area contributed by atoms with Gasteiger partial charge in [-0.2, -0.15) is 0 Å². The molecule has 8 heteroatoms. The Labute approximate surface area is 173 Å². The summed E-state index contributed by atoms with van der Waals surface area (Å²) in [6.07, 6.45) is 1.44. The molecule has 2 heterocycles. The summed E-state index contributed by atoms with van der Waals surface area (Å²) < 4.78 is 0. The third-order valence-corrected chi connectivity index (χ3v) is 5.39. The summed E-state index contributed by atoms with van der Waals surface area (Å²) in [5.41, 5.74) is 8.74. The Balaban J connectivity index is 1.79. The summed E-state index contributed by atoms with van der Waals surface area (Å²) in [6, 6.07) is 12.4. The Kier molecular flexibility index (Phi) is 4.83. The van der Waals surface area contributed by atoms with Crippen molar-refractivity contribution in [3.63, 3.8) is 0 Å². The summed E-state index contributed by atoms with van der Waals surface area (Å²) in [5.74, 6) is -0.668. The number of benzene rings is 2. The SMILES string of the molecule is CC1=NCC(c2ccc3c(Nc4cccc(C(=O)O)c4)c(C(N)=O)cnc3c2)N1C. The first-order valence-corrected chi connectivity index (χ1v) is 9.42. The van der Waals surface area contributed by atoms with Gasteiger partial charge in [0.15, 0.2) is 0 Å². The molecule has 8 nitrogen and oxygen atoms in total. The Morgan fingerprint density at radius 3 is 2.70 bits per heavy atom. The average Bonchev–Trinajstić information content (AvgIpc) is 3.06. The van der Waals surface area contributed by atoms with E-state index in [9.17, 15) is 14.7 Å². The number of likely N-dealkylation sites (N-methyl/N-ethyl adjacent to an activating group) is 1. The molecule has 1 aliphatic rings. The maximum atomic E-state index is 12.0. The number of anilines is 2. The van der Waals surface area contributed by atoms with E-state index >= 15 is 0 Å². The number of nitrogens with two attached hydrogens (primary N) is 1. The first-order chi connectivity index (χ1) is 14.3. The van der Waals surface area contributed by atoms with E-state index in [-0.39, 0.29) is 17.2 Å². The molecule has 1 aromatic heterocycles. The highest BCUT2D eigenvalue weighted by Crippen LogP contribution is 2.33. The number of aromatic nitrogens is 1. The first-order valence-electron chi connectivity index (χ1n) is 9.42. The van der Waals surface area contributed by atoms with Crippen LogP contribution in [-0.2, 0) is 0 Å². The van der Waals surface area contributed by atoms with Crippen molar-refractivity contribution in [3.8, 4) is 0 Å². The predicted molar refractivity (Wildman–Crippen MR) is 115 cm³/mol. The minimum atomic E-state index is -1.03. The van der Waals surface area contributed by atoms with Gasteiger partial charge < -0.3 is 21.1 Å². The molecule has 0 saturated heterocycles. The van der Waals surface area contributed by atoms with E-state index in [1.165, 1.54) is 18.3 Å². The zero-order chi connectivity index (χ0) is 21.4. The van der Waals surface area contributed by atoms with Gasteiger partial charge in [-0.15, -0.1) is 0 Å². The number of carboxylic acids is 1. The van der Waals surface area contributed by atoms with Gasteiger partial charge in [-0.1, -0.05) is 18.2 Å². The molecule has 2 aromatic carbocycles. The molecule has 1 atom stereocenters. The maximum Gasteiger partial charge on any atom is 0.335 e. The van der Waals surface area contributed by atoms with Crippen LogP contribution in [0.2, 0.25) is 0 Å². The van der Waals surface area contributed by atoms with Crippen molar-refractivity contribution < 1.29 is 14.7 Å². The Hall–Kier alpha value is -3.94. The van der Waals surface area contributed by atoms with Crippen molar-refractivity contribution in [2.24, 2.45) is 10.7 Å². The van der Waals surface area contributed by atoms with Gasteiger partial charge in [0.25, 0.3) is 5.91 Å². The van der Waals surface area contributed by atoms with Crippen molar-refractivity contribution in [2.75, 3.05) is 18.9 Å². The molecule has 0 saturated carbocycles. The third kappa shape index (κ3) is 3.43. The molecule has 1 unspecified atom stereocenters. The number of carbonyl (C=O) groups is 2. The summed E-state index contributed by atoms with van der Waals surface area (Å²) in [7, 11) is 2.01. The second-order valence-electron chi connectivity index (χ2n) is 7.21. The van der Waals surface area contributed by atoms with Crippen LogP contribution in [0.3, 0.4) is 0 Å². The fraction of sp³-hybridized carbons (Fsp3) is 0.182. The van der Waals surface area contributed by atoms with Crippen molar-refractivity contribution in [1.82, 2.24) is 9.88 Å². The van der Waals surface area contributed by atoms with E-state index in [0.29, 0.717) is 28.8 Å². The normalized spacial score (nSPS) is 15.9. The highest BCUT2D eigenvalue weighted by atomic mass is 16.4. The number of pyridine rings is 1. The van der Waals surface area contributed by atoms with Gasteiger partial charge in [-0.25, -0.2) is 4.79 Å². The summed E-state index contributed by atoms with van der Waals surface area (Å²) in [5, 5.41) is 13.1. The molecule has 0 spiro atoms. The fourth-order valence-corrected chi connectivity index (χ4v) is 3.62. The molecule has 0 radical (unpaired) electrons. The number of nitrogens with one attached hydrogen (secondary N) is 1. The van der Waals surface area contributed by atoms with E-state index in [0.717, 1.165) is 11.4 Å². The molecule has 30 heavy (non-hydrogen) atoms. The highest BCUT2D eigenvalue weighted by molar-refractivity contribution is 6.07. The average molecular weight is 403 g/mol. The summed E-state index contributed by atoms with van der Waals surface area (Å²) in [4.78, 5) is 34.3. The van der Waals surface area contributed by atoms with Crippen LogP contribution in [0.25, 0.3) is 10.9 Å². The topological polar surface area (TPSA) is 121 Å². The van der Waals surface area contributed by atoms with Crippen LogP contribution >= 0.6 is 0 Å². The van der Waals surface area contributed by atoms with E-state index in [2.05, 4.69) is 20.2 Å². The Morgan fingerprint density at radius 2 is 2.03 bits per heavy atom. The number of fused-ring (bicyclic) bond motifs is 1. The zero-order valence-electron chi connectivity index (χ0n) is 16.6. The molecule has 0 bridgehead atoms. The minimum absolute atomic E-state index is 0.135. The lowest BCUT2D eigenvalue weighted by atomic mass is 10.0. The van der Waals surface area contributed by atoms with E-state index in [4.69, 9.17) is 5.73 Å². The summed E-state index contributed by atoms with van der Waals surface area (Å²) in [6.45, 7) is 2.66. The maximum absolute atomic E-state index is 12.0. The smallest absolute Gasteiger partial charge is 0.335 e. The molecule has 0 fully saturated rings. The zero-order valence-corrected chi connectivity index (χ0v) is 16.6.